The minimum absolute atomic E-state index is 0.184. The Morgan fingerprint density at radius 3 is 2.65 bits per heavy atom. The number of nitrogens with two attached hydrogens (primary N) is 1. The fourth-order valence-electron chi connectivity index (χ4n) is 1.58. The van der Waals surface area contributed by atoms with Crippen LogP contribution in [0.4, 0.5) is 5.69 Å². The summed E-state index contributed by atoms with van der Waals surface area (Å²) in [5.41, 5.74) is 8.40. The Hall–Kier alpha value is -2.23. The highest BCUT2D eigenvalue weighted by molar-refractivity contribution is 6.11. The van der Waals surface area contributed by atoms with Crippen molar-refractivity contribution in [1.82, 2.24) is 9.97 Å². The summed E-state index contributed by atoms with van der Waals surface area (Å²) < 4.78 is 0. The molecule has 2 aromatic rings. The fourth-order valence-corrected chi connectivity index (χ4v) is 1.58. The van der Waals surface area contributed by atoms with Gasteiger partial charge in [0.15, 0.2) is 0 Å². The second kappa shape index (κ2) is 4.33. The molecule has 86 valence electrons. The second-order valence-electron chi connectivity index (χ2n) is 3.86. The van der Waals surface area contributed by atoms with Crippen molar-refractivity contribution >= 4 is 11.5 Å². The van der Waals surface area contributed by atoms with Gasteiger partial charge in [0, 0.05) is 17.4 Å². The summed E-state index contributed by atoms with van der Waals surface area (Å²) in [6.07, 6.45) is 1.64. The SMILES string of the molecule is Cc1cnc(C)c(C(=O)c2ccccc2N)n1. The molecule has 0 aliphatic carbocycles. The first-order chi connectivity index (χ1) is 8.09. The first-order valence-corrected chi connectivity index (χ1v) is 5.29. The van der Waals surface area contributed by atoms with Crippen molar-refractivity contribution in [2.24, 2.45) is 0 Å². The minimum Gasteiger partial charge on any atom is -0.398 e. The van der Waals surface area contributed by atoms with Crippen molar-refractivity contribution < 1.29 is 4.79 Å². The number of aromatic nitrogens is 2. The highest BCUT2D eigenvalue weighted by atomic mass is 16.1. The van der Waals surface area contributed by atoms with E-state index in [1.807, 2.05) is 0 Å². The molecule has 0 amide bonds. The lowest BCUT2D eigenvalue weighted by Crippen LogP contribution is -2.11. The largest absolute Gasteiger partial charge is 0.398 e. The predicted molar refractivity (Wildman–Crippen MR) is 65.8 cm³/mol. The molecule has 2 rings (SSSR count). The van der Waals surface area contributed by atoms with Crippen molar-refractivity contribution in [3.05, 3.63) is 53.1 Å². The normalized spacial score (nSPS) is 10.2. The van der Waals surface area contributed by atoms with Gasteiger partial charge in [0.25, 0.3) is 0 Å². The Bertz CT molecular complexity index is 579. The number of carbonyl (C=O) groups is 1. The molecule has 17 heavy (non-hydrogen) atoms. The van der Waals surface area contributed by atoms with Crippen LogP contribution in [0.1, 0.15) is 27.4 Å². The molecule has 1 aromatic carbocycles. The molecule has 0 spiro atoms. The summed E-state index contributed by atoms with van der Waals surface area (Å²) in [7, 11) is 0. The van der Waals surface area contributed by atoms with E-state index in [0.717, 1.165) is 0 Å². The number of para-hydroxylation sites is 1. The van der Waals surface area contributed by atoms with Crippen LogP contribution in [0.3, 0.4) is 0 Å². The van der Waals surface area contributed by atoms with E-state index in [9.17, 15) is 4.79 Å². The van der Waals surface area contributed by atoms with E-state index in [4.69, 9.17) is 5.73 Å². The van der Waals surface area contributed by atoms with Crippen LogP contribution in [0.2, 0.25) is 0 Å². The molecule has 0 saturated carbocycles. The van der Waals surface area contributed by atoms with Crippen LogP contribution in [-0.2, 0) is 0 Å². The summed E-state index contributed by atoms with van der Waals surface area (Å²) in [4.78, 5) is 20.6. The van der Waals surface area contributed by atoms with Crippen LogP contribution in [0.25, 0.3) is 0 Å². The third kappa shape index (κ3) is 2.15. The Morgan fingerprint density at radius 2 is 1.94 bits per heavy atom. The number of carbonyl (C=O) groups excluding carboxylic acids is 1. The van der Waals surface area contributed by atoms with Crippen molar-refractivity contribution in [2.75, 3.05) is 5.73 Å². The molecule has 0 aliphatic rings. The lowest BCUT2D eigenvalue weighted by atomic mass is 10.0. The Balaban J connectivity index is 2.51. The minimum atomic E-state index is -0.184. The van der Waals surface area contributed by atoms with E-state index in [1.165, 1.54) is 0 Å². The molecular weight excluding hydrogens is 214 g/mol. The maximum Gasteiger partial charge on any atom is 0.215 e. The molecule has 4 heteroatoms. The molecule has 4 nitrogen and oxygen atoms in total. The predicted octanol–water partition coefficient (Wildman–Crippen LogP) is 1.91. The number of ketones is 1. The van der Waals surface area contributed by atoms with Crippen LogP contribution >= 0.6 is 0 Å². The zero-order valence-electron chi connectivity index (χ0n) is 9.77. The van der Waals surface area contributed by atoms with E-state index in [1.54, 1.807) is 44.3 Å². The molecule has 1 heterocycles. The van der Waals surface area contributed by atoms with E-state index in [2.05, 4.69) is 9.97 Å². The topological polar surface area (TPSA) is 68.9 Å². The van der Waals surface area contributed by atoms with Crippen molar-refractivity contribution in [1.29, 1.82) is 0 Å². The number of hydrogen-bond acceptors (Lipinski definition) is 4. The molecule has 0 radical (unpaired) electrons. The number of rotatable bonds is 2. The van der Waals surface area contributed by atoms with Crippen molar-refractivity contribution in [3.8, 4) is 0 Å². The Labute approximate surface area is 99.5 Å². The molecule has 1 aromatic heterocycles. The quantitative estimate of drug-likeness (QED) is 0.628. The first kappa shape index (κ1) is 11.3. The number of nitrogen functional groups attached to an aromatic ring is 1. The average Bonchev–Trinajstić information content (AvgIpc) is 2.32. The van der Waals surface area contributed by atoms with Gasteiger partial charge in [-0.3, -0.25) is 9.78 Å². The van der Waals surface area contributed by atoms with Gasteiger partial charge in [-0.05, 0) is 26.0 Å². The number of hydrogen-bond donors (Lipinski definition) is 1. The molecular formula is C13H13N3O. The van der Waals surface area contributed by atoms with E-state index >= 15 is 0 Å². The molecule has 0 saturated heterocycles. The number of anilines is 1. The van der Waals surface area contributed by atoms with E-state index < -0.39 is 0 Å². The molecule has 0 fully saturated rings. The molecule has 0 bridgehead atoms. The third-order valence-corrected chi connectivity index (χ3v) is 2.50. The van der Waals surface area contributed by atoms with Crippen LogP contribution in [-0.4, -0.2) is 15.8 Å². The van der Waals surface area contributed by atoms with Crippen LogP contribution < -0.4 is 5.73 Å². The molecule has 0 atom stereocenters. The standard InChI is InChI=1S/C13H13N3O/c1-8-7-15-9(2)12(16-8)13(17)10-5-3-4-6-11(10)14/h3-7H,14H2,1-2H3. The summed E-state index contributed by atoms with van der Waals surface area (Å²) >= 11 is 0. The number of benzene rings is 1. The van der Waals surface area contributed by atoms with Gasteiger partial charge in [-0.1, -0.05) is 12.1 Å². The summed E-state index contributed by atoms with van der Waals surface area (Å²) in [5.74, 6) is -0.184. The van der Waals surface area contributed by atoms with Gasteiger partial charge in [0.1, 0.15) is 5.69 Å². The zero-order chi connectivity index (χ0) is 12.4. The highest BCUT2D eigenvalue weighted by Crippen LogP contribution is 2.16. The summed E-state index contributed by atoms with van der Waals surface area (Å²) in [5, 5.41) is 0. The van der Waals surface area contributed by atoms with Crippen molar-refractivity contribution in [3.63, 3.8) is 0 Å². The third-order valence-electron chi connectivity index (χ3n) is 2.50. The fraction of sp³-hybridized carbons (Fsp3) is 0.154. The summed E-state index contributed by atoms with van der Waals surface area (Å²) in [6.45, 7) is 3.57. The van der Waals surface area contributed by atoms with E-state index in [0.29, 0.717) is 28.3 Å². The Morgan fingerprint density at radius 1 is 1.24 bits per heavy atom. The lowest BCUT2D eigenvalue weighted by Gasteiger charge is -2.06. The van der Waals surface area contributed by atoms with Crippen LogP contribution in [0.15, 0.2) is 30.5 Å². The van der Waals surface area contributed by atoms with Gasteiger partial charge in [0.05, 0.1) is 11.4 Å². The Kier molecular flexibility index (Phi) is 2.87. The molecule has 0 aliphatic heterocycles. The first-order valence-electron chi connectivity index (χ1n) is 5.29. The monoisotopic (exact) mass is 227 g/mol. The molecule has 0 unspecified atom stereocenters. The van der Waals surface area contributed by atoms with E-state index in [-0.39, 0.29) is 5.78 Å². The maximum absolute atomic E-state index is 12.3. The van der Waals surface area contributed by atoms with Crippen molar-refractivity contribution in [2.45, 2.75) is 13.8 Å². The average molecular weight is 227 g/mol. The summed E-state index contributed by atoms with van der Waals surface area (Å²) in [6, 6.07) is 6.97. The van der Waals surface area contributed by atoms with Crippen LogP contribution in [0.5, 0.6) is 0 Å². The lowest BCUT2D eigenvalue weighted by molar-refractivity contribution is 0.103. The van der Waals surface area contributed by atoms with Crippen LogP contribution in [0, 0.1) is 13.8 Å². The van der Waals surface area contributed by atoms with Gasteiger partial charge in [-0.25, -0.2) is 4.98 Å². The number of aryl methyl sites for hydroxylation is 2. The van der Waals surface area contributed by atoms with Gasteiger partial charge < -0.3 is 5.73 Å². The highest BCUT2D eigenvalue weighted by Gasteiger charge is 2.16. The maximum atomic E-state index is 12.3. The number of nitrogens with zero attached hydrogens (tertiary/aromatic N) is 2. The van der Waals surface area contributed by atoms with Gasteiger partial charge in [-0.2, -0.15) is 0 Å². The zero-order valence-corrected chi connectivity index (χ0v) is 9.77. The molecule has 2 N–H and O–H groups in total. The van der Waals surface area contributed by atoms with Gasteiger partial charge in [0.2, 0.25) is 5.78 Å². The smallest absolute Gasteiger partial charge is 0.215 e. The second-order valence-corrected chi connectivity index (χ2v) is 3.86. The van der Waals surface area contributed by atoms with Gasteiger partial charge >= 0.3 is 0 Å². The van der Waals surface area contributed by atoms with Gasteiger partial charge in [-0.15, -0.1) is 0 Å².